The molecule has 1 aromatic heterocycles. The van der Waals surface area contributed by atoms with Gasteiger partial charge in [0.1, 0.15) is 11.4 Å². The van der Waals surface area contributed by atoms with Gasteiger partial charge in [-0.1, -0.05) is 30.3 Å². The first-order chi connectivity index (χ1) is 14.8. The molecule has 0 atom stereocenters. The number of nitrogens with zero attached hydrogens (tertiary/aromatic N) is 2. The van der Waals surface area contributed by atoms with Crippen LogP contribution >= 0.6 is 0 Å². The molecule has 2 aromatic carbocycles. The highest BCUT2D eigenvalue weighted by Gasteiger charge is 2.36. The maximum absolute atomic E-state index is 12.3. The minimum Gasteiger partial charge on any atom is -0.478 e. The van der Waals surface area contributed by atoms with Crippen molar-refractivity contribution in [1.82, 2.24) is 9.97 Å². The number of carboxylic acids is 1. The van der Waals surface area contributed by atoms with Crippen LogP contribution in [0.15, 0.2) is 54.7 Å². The molecule has 0 fully saturated rings. The van der Waals surface area contributed by atoms with E-state index in [-0.39, 0.29) is 23.7 Å². The molecule has 0 aliphatic rings. The Labute approximate surface area is 178 Å². The van der Waals surface area contributed by atoms with Crippen molar-refractivity contribution in [2.75, 3.05) is 0 Å². The van der Waals surface area contributed by atoms with Crippen LogP contribution in [0.5, 0.6) is 0 Å². The average Bonchev–Trinajstić information content (AvgIpc) is 2.73. The first kappa shape index (κ1) is 24.8. The van der Waals surface area contributed by atoms with Crippen molar-refractivity contribution in [1.29, 1.82) is 0 Å². The fraction of sp³-hybridized carbons (Fsp3) is 0.190. The van der Waals surface area contributed by atoms with Crippen LogP contribution in [0, 0.1) is 6.92 Å². The number of rotatable bonds is 3. The fourth-order valence-electron chi connectivity index (χ4n) is 2.58. The van der Waals surface area contributed by atoms with E-state index in [1.54, 1.807) is 6.92 Å². The van der Waals surface area contributed by atoms with E-state index in [2.05, 4.69) is 9.97 Å². The Hall–Kier alpha value is -3.47. The molecule has 11 heteroatoms. The number of halogens is 6. The molecule has 0 saturated carbocycles. The summed E-state index contributed by atoms with van der Waals surface area (Å²) in [5.74, 6) is -0.456. The summed E-state index contributed by atoms with van der Waals surface area (Å²) in [4.78, 5) is 19.1. The summed E-state index contributed by atoms with van der Waals surface area (Å²) < 4.78 is 73.6. The Kier molecular flexibility index (Phi) is 7.57. The maximum atomic E-state index is 12.3. The molecule has 1 heterocycles. The van der Waals surface area contributed by atoms with Gasteiger partial charge in [0.2, 0.25) is 0 Å². The SMILES string of the molecule is Cc1ncc(C(=O)O)c(-c2ccccc2)n1.NCc1cc(C(F)(F)F)cc(C(F)(F)F)c1. The summed E-state index contributed by atoms with van der Waals surface area (Å²) in [6, 6.07) is 10.5. The van der Waals surface area contributed by atoms with Gasteiger partial charge < -0.3 is 10.8 Å². The van der Waals surface area contributed by atoms with Gasteiger partial charge in [0.05, 0.1) is 16.8 Å². The van der Waals surface area contributed by atoms with Gasteiger partial charge in [-0.25, -0.2) is 14.8 Å². The van der Waals surface area contributed by atoms with Gasteiger partial charge in [-0.2, -0.15) is 26.3 Å². The molecule has 0 saturated heterocycles. The number of nitrogens with two attached hydrogens (primary N) is 1. The third kappa shape index (κ3) is 6.51. The van der Waals surface area contributed by atoms with Crippen molar-refractivity contribution in [2.24, 2.45) is 5.73 Å². The highest BCUT2D eigenvalue weighted by molar-refractivity contribution is 5.94. The molecule has 3 rings (SSSR count). The molecule has 170 valence electrons. The van der Waals surface area contributed by atoms with E-state index >= 15 is 0 Å². The summed E-state index contributed by atoms with van der Waals surface area (Å²) in [5.41, 5.74) is 3.51. The van der Waals surface area contributed by atoms with Crippen molar-refractivity contribution in [3.8, 4) is 11.3 Å². The van der Waals surface area contributed by atoms with E-state index in [0.717, 1.165) is 5.56 Å². The number of carbonyl (C=O) groups is 1. The van der Waals surface area contributed by atoms with Gasteiger partial charge in [-0.15, -0.1) is 0 Å². The van der Waals surface area contributed by atoms with Gasteiger partial charge >= 0.3 is 18.3 Å². The normalized spacial score (nSPS) is 11.5. The molecule has 0 amide bonds. The van der Waals surface area contributed by atoms with E-state index in [1.165, 1.54) is 6.20 Å². The standard InChI is InChI=1S/C12H10N2O2.C9H7F6N/c1-8-13-7-10(12(15)16)11(14-8)9-5-3-2-4-6-9;10-8(11,12)6-1-5(4-16)2-7(3-6)9(13,14)15/h2-7H,1H3,(H,15,16);1-3H,4,16H2. The quantitative estimate of drug-likeness (QED) is 0.519. The molecule has 0 aliphatic heterocycles. The van der Waals surface area contributed by atoms with Gasteiger partial charge in [0.25, 0.3) is 0 Å². The summed E-state index contributed by atoms with van der Waals surface area (Å²) in [6.07, 6.45) is -8.29. The first-order valence-corrected chi connectivity index (χ1v) is 8.93. The van der Waals surface area contributed by atoms with Gasteiger partial charge in [0.15, 0.2) is 0 Å². The highest BCUT2D eigenvalue weighted by atomic mass is 19.4. The monoisotopic (exact) mass is 457 g/mol. The number of aromatic carboxylic acids is 1. The maximum Gasteiger partial charge on any atom is 0.416 e. The van der Waals surface area contributed by atoms with Crippen LogP contribution in [0.1, 0.15) is 32.9 Å². The number of hydrogen-bond acceptors (Lipinski definition) is 4. The Balaban J connectivity index is 0.000000227. The van der Waals surface area contributed by atoms with Crippen LogP contribution < -0.4 is 5.73 Å². The smallest absolute Gasteiger partial charge is 0.416 e. The number of benzene rings is 2. The predicted octanol–water partition coefficient (Wildman–Crippen LogP) is 5.33. The van der Waals surface area contributed by atoms with Crippen molar-refractivity contribution in [3.05, 3.63) is 82.8 Å². The van der Waals surface area contributed by atoms with Crippen molar-refractivity contribution in [3.63, 3.8) is 0 Å². The third-order valence-corrected chi connectivity index (χ3v) is 4.07. The second-order valence-electron chi connectivity index (χ2n) is 6.47. The number of aromatic nitrogens is 2. The fourth-order valence-corrected chi connectivity index (χ4v) is 2.58. The number of carboxylic acid groups (broad SMARTS) is 1. The molecule has 0 radical (unpaired) electrons. The topological polar surface area (TPSA) is 89.1 Å². The van der Waals surface area contributed by atoms with Gasteiger partial charge in [-0.05, 0) is 30.7 Å². The average molecular weight is 457 g/mol. The molecular formula is C21H17F6N3O2. The molecule has 0 spiro atoms. The van der Waals surface area contributed by atoms with Crippen molar-refractivity contribution < 1.29 is 36.2 Å². The Bertz CT molecular complexity index is 1050. The van der Waals surface area contributed by atoms with Crippen LogP contribution in [0.4, 0.5) is 26.3 Å². The number of aryl methyl sites for hydroxylation is 1. The molecule has 5 nitrogen and oxygen atoms in total. The molecular weight excluding hydrogens is 440 g/mol. The predicted molar refractivity (Wildman–Crippen MR) is 104 cm³/mol. The molecule has 0 aliphatic carbocycles. The summed E-state index contributed by atoms with van der Waals surface area (Å²) in [6.45, 7) is 1.35. The Morgan fingerprint density at radius 3 is 1.94 bits per heavy atom. The molecule has 3 aromatic rings. The lowest BCUT2D eigenvalue weighted by atomic mass is 10.0. The highest BCUT2D eigenvalue weighted by Crippen LogP contribution is 2.36. The van der Waals surface area contributed by atoms with E-state index in [1.807, 2.05) is 30.3 Å². The van der Waals surface area contributed by atoms with E-state index in [0.29, 0.717) is 23.7 Å². The molecule has 3 N–H and O–H groups in total. The second-order valence-corrected chi connectivity index (χ2v) is 6.47. The zero-order valence-electron chi connectivity index (χ0n) is 16.5. The van der Waals surface area contributed by atoms with Gasteiger partial charge in [-0.3, -0.25) is 0 Å². The first-order valence-electron chi connectivity index (χ1n) is 8.93. The number of alkyl halides is 6. The lowest BCUT2D eigenvalue weighted by Gasteiger charge is -2.13. The van der Waals surface area contributed by atoms with Crippen molar-refractivity contribution >= 4 is 5.97 Å². The summed E-state index contributed by atoms with van der Waals surface area (Å²) in [5, 5.41) is 9.04. The Morgan fingerprint density at radius 2 is 1.50 bits per heavy atom. The van der Waals surface area contributed by atoms with Gasteiger partial charge in [0, 0.05) is 18.3 Å². The molecule has 32 heavy (non-hydrogen) atoms. The summed E-state index contributed by atoms with van der Waals surface area (Å²) >= 11 is 0. The van der Waals surface area contributed by atoms with Crippen molar-refractivity contribution in [2.45, 2.75) is 25.8 Å². The lowest BCUT2D eigenvalue weighted by Crippen LogP contribution is -2.12. The Morgan fingerprint density at radius 1 is 0.969 bits per heavy atom. The zero-order valence-corrected chi connectivity index (χ0v) is 16.5. The minimum atomic E-state index is -4.81. The van der Waals surface area contributed by atoms with Crippen LogP contribution in [-0.4, -0.2) is 21.0 Å². The van der Waals surface area contributed by atoms with Crippen LogP contribution in [0.3, 0.4) is 0 Å². The van der Waals surface area contributed by atoms with Crippen LogP contribution in [-0.2, 0) is 18.9 Å². The lowest BCUT2D eigenvalue weighted by molar-refractivity contribution is -0.143. The van der Waals surface area contributed by atoms with E-state index in [4.69, 9.17) is 10.8 Å². The van der Waals surface area contributed by atoms with E-state index < -0.39 is 29.4 Å². The van der Waals surface area contributed by atoms with Crippen LogP contribution in [0.2, 0.25) is 0 Å². The van der Waals surface area contributed by atoms with Crippen LogP contribution in [0.25, 0.3) is 11.3 Å². The molecule has 0 unspecified atom stereocenters. The second kappa shape index (κ2) is 9.77. The number of hydrogen-bond donors (Lipinski definition) is 2. The largest absolute Gasteiger partial charge is 0.478 e. The minimum absolute atomic E-state index is 0.0686. The third-order valence-electron chi connectivity index (χ3n) is 4.07. The van der Waals surface area contributed by atoms with E-state index in [9.17, 15) is 31.1 Å². The summed E-state index contributed by atoms with van der Waals surface area (Å²) in [7, 11) is 0. The molecule has 0 bridgehead atoms. The zero-order chi connectivity index (χ0) is 24.1.